The lowest BCUT2D eigenvalue weighted by Crippen LogP contribution is -2.28. The van der Waals surface area contributed by atoms with Gasteiger partial charge >= 0.3 is 0 Å². The van der Waals surface area contributed by atoms with Crippen LogP contribution in [0.15, 0.2) is 18.2 Å². The largest absolute Gasteiger partial charge is 0.369 e. The maximum Gasteiger partial charge on any atom is 0.222 e. The summed E-state index contributed by atoms with van der Waals surface area (Å²) in [4.78, 5) is 13.2. The molecule has 1 atom stereocenters. The minimum atomic E-state index is -0.250. The highest BCUT2D eigenvalue weighted by molar-refractivity contribution is 5.78. The summed E-state index contributed by atoms with van der Waals surface area (Å²) in [6.45, 7) is 3.38. The zero-order valence-electron chi connectivity index (χ0n) is 9.81. The lowest BCUT2D eigenvalue weighted by atomic mass is 10.1. The van der Waals surface area contributed by atoms with Gasteiger partial charge in [-0.05, 0) is 25.0 Å². The third-order valence-corrected chi connectivity index (χ3v) is 3.27. The molecule has 0 bridgehead atoms. The molecule has 2 N–H and O–H groups in total. The van der Waals surface area contributed by atoms with Crippen LogP contribution in [0.3, 0.4) is 0 Å². The Bertz CT molecular complexity index is 490. The highest BCUT2D eigenvalue weighted by Crippen LogP contribution is 2.29. The van der Waals surface area contributed by atoms with Crippen LogP contribution in [-0.2, 0) is 4.79 Å². The number of carbonyl (C=O) groups excluding carboxylic acids is 1. The van der Waals surface area contributed by atoms with Crippen LogP contribution in [0, 0.1) is 24.2 Å². The average Bonchev–Trinajstić information content (AvgIpc) is 2.77. The molecule has 88 valence electrons. The monoisotopic (exact) mass is 229 g/mol. The van der Waals surface area contributed by atoms with E-state index < -0.39 is 0 Å². The number of anilines is 1. The number of rotatable bonds is 2. The highest BCUT2D eigenvalue weighted by Gasteiger charge is 2.28. The number of nitriles is 1. The summed E-state index contributed by atoms with van der Waals surface area (Å²) in [5.41, 5.74) is 7.99. The molecule has 1 heterocycles. The Hall–Kier alpha value is -2.02. The second-order valence-corrected chi connectivity index (χ2v) is 4.42. The van der Waals surface area contributed by atoms with Crippen LogP contribution in [0.25, 0.3) is 0 Å². The van der Waals surface area contributed by atoms with Crippen molar-refractivity contribution in [2.45, 2.75) is 13.3 Å². The number of hydrogen-bond donors (Lipinski definition) is 1. The summed E-state index contributed by atoms with van der Waals surface area (Å²) in [5.74, 6) is -0.347. The van der Waals surface area contributed by atoms with E-state index in [-0.39, 0.29) is 11.8 Å². The van der Waals surface area contributed by atoms with E-state index in [1.165, 1.54) is 0 Å². The third kappa shape index (κ3) is 2.09. The number of nitrogens with zero attached hydrogens (tertiary/aromatic N) is 2. The van der Waals surface area contributed by atoms with E-state index in [4.69, 9.17) is 11.0 Å². The molecule has 1 aromatic rings. The SMILES string of the molecule is Cc1cccc(C#N)c1N1CCC(C(N)=O)C1. The summed E-state index contributed by atoms with van der Waals surface area (Å²) in [7, 11) is 0. The Morgan fingerprint density at radius 2 is 2.35 bits per heavy atom. The Morgan fingerprint density at radius 3 is 2.94 bits per heavy atom. The Balaban J connectivity index is 2.31. The first-order valence-corrected chi connectivity index (χ1v) is 5.67. The number of amides is 1. The number of nitrogens with two attached hydrogens (primary N) is 1. The zero-order chi connectivity index (χ0) is 12.4. The molecule has 0 aromatic heterocycles. The molecule has 0 saturated carbocycles. The van der Waals surface area contributed by atoms with E-state index in [0.717, 1.165) is 24.2 Å². The predicted molar refractivity (Wildman–Crippen MR) is 65.4 cm³/mol. The first-order valence-electron chi connectivity index (χ1n) is 5.67. The fraction of sp³-hybridized carbons (Fsp3) is 0.385. The number of hydrogen-bond acceptors (Lipinski definition) is 3. The van der Waals surface area contributed by atoms with Crippen LogP contribution in [0.2, 0.25) is 0 Å². The molecule has 1 amide bonds. The number of primary amides is 1. The van der Waals surface area contributed by atoms with E-state index in [2.05, 4.69) is 11.0 Å². The van der Waals surface area contributed by atoms with Crippen LogP contribution in [0.1, 0.15) is 17.5 Å². The van der Waals surface area contributed by atoms with Gasteiger partial charge in [0, 0.05) is 13.1 Å². The van der Waals surface area contributed by atoms with E-state index in [9.17, 15) is 4.79 Å². The zero-order valence-corrected chi connectivity index (χ0v) is 9.81. The summed E-state index contributed by atoms with van der Waals surface area (Å²) in [6.07, 6.45) is 0.772. The van der Waals surface area contributed by atoms with Gasteiger partial charge in [0.1, 0.15) is 6.07 Å². The van der Waals surface area contributed by atoms with Crippen molar-refractivity contribution in [3.05, 3.63) is 29.3 Å². The predicted octanol–water partition coefficient (Wildman–Crippen LogP) is 1.18. The molecule has 1 aromatic carbocycles. The van der Waals surface area contributed by atoms with Gasteiger partial charge in [0.15, 0.2) is 0 Å². The van der Waals surface area contributed by atoms with Crippen molar-refractivity contribution in [3.8, 4) is 6.07 Å². The molecule has 0 spiro atoms. The number of carbonyl (C=O) groups is 1. The molecular weight excluding hydrogens is 214 g/mol. The quantitative estimate of drug-likeness (QED) is 0.827. The third-order valence-electron chi connectivity index (χ3n) is 3.27. The summed E-state index contributed by atoms with van der Waals surface area (Å²) >= 11 is 0. The summed E-state index contributed by atoms with van der Waals surface area (Å²) in [6, 6.07) is 7.86. The molecule has 2 rings (SSSR count). The van der Waals surface area contributed by atoms with Crippen molar-refractivity contribution in [1.29, 1.82) is 5.26 Å². The minimum absolute atomic E-state index is 0.0962. The van der Waals surface area contributed by atoms with E-state index in [1.54, 1.807) is 6.07 Å². The van der Waals surface area contributed by atoms with Crippen LogP contribution in [-0.4, -0.2) is 19.0 Å². The van der Waals surface area contributed by atoms with E-state index in [0.29, 0.717) is 12.1 Å². The average molecular weight is 229 g/mol. The molecular formula is C13H15N3O. The van der Waals surface area contributed by atoms with Gasteiger partial charge in [-0.1, -0.05) is 12.1 Å². The normalized spacial score (nSPS) is 19.1. The van der Waals surface area contributed by atoms with Gasteiger partial charge in [0.25, 0.3) is 0 Å². The maximum absolute atomic E-state index is 11.1. The highest BCUT2D eigenvalue weighted by atomic mass is 16.1. The van der Waals surface area contributed by atoms with Crippen LogP contribution >= 0.6 is 0 Å². The van der Waals surface area contributed by atoms with Gasteiger partial charge in [-0.15, -0.1) is 0 Å². The van der Waals surface area contributed by atoms with Crippen LogP contribution < -0.4 is 10.6 Å². The van der Waals surface area contributed by atoms with Crippen molar-refractivity contribution in [1.82, 2.24) is 0 Å². The fourth-order valence-corrected chi connectivity index (χ4v) is 2.36. The van der Waals surface area contributed by atoms with Gasteiger partial charge in [-0.3, -0.25) is 4.79 Å². The molecule has 1 aliphatic rings. The van der Waals surface area contributed by atoms with Crippen molar-refractivity contribution < 1.29 is 4.79 Å². The van der Waals surface area contributed by atoms with Crippen molar-refractivity contribution in [2.75, 3.05) is 18.0 Å². The van der Waals surface area contributed by atoms with Crippen molar-refractivity contribution >= 4 is 11.6 Å². The summed E-state index contributed by atoms with van der Waals surface area (Å²) in [5, 5.41) is 9.11. The molecule has 0 aliphatic carbocycles. The van der Waals surface area contributed by atoms with Crippen molar-refractivity contribution in [3.63, 3.8) is 0 Å². The molecule has 4 nitrogen and oxygen atoms in total. The van der Waals surface area contributed by atoms with Gasteiger partial charge in [0.05, 0.1) is 17.2 Å². The second kappa shape index (κ2) is 4.46. The lowest BCUT2D eigenvalue weighted by molar-refractivity contribution is -0.121. The van der Waals surface area contributed by atoms with Crippen LogP contribution in [0.5, 0.6) is 0 Å². The second-order valence-electron chi connectivity index (χ2n) is 4.42. The van der Waals surface area contributed by atoms with Crippen LogP contribution in [0.4, 0.5) is 5.69 Å². The number of para-hydroxylation sites is 1. The Labute approximate surface area is 101 Å². The standard InChI is InChI=1S/C13H15N3O/c1-9-3-2-4-10(7-14)12(9)16-6-5-11(8-16)13(15)17/h2-4,11H,5-6,8H2,1H3,(H2,15,17). The van der Waals surface area contributed by atoms with Gasteiger partial charge in [-0.25, -0.2) is 0 Å². The topological polar surface area (TPSA) is 70.1 Å². The molecule has 1 saturated heterocycles. The van der Waals surface area contributed by atoms with E-state index >= 15 is 0 Å². The first kappa shape index (κ1) is 11.5. The minimum Gasteiger partial charge on any atom is -0.369 e. The van der Waals surface area contributed by atoms with Gasteiger partial charge in [0.2, 0.25) is 5.91 Å². The Kier molecular flexibility index (Phi) is 3.01. The fourth-order valence-electron chi connectivity index (χ4n) is 2.36. The summed E-state index contributed by atoms with van der Waals surface area (Å²) < 4.78 is 0. The number of benzene rings is 1. The molecule has 1 unspecified atom stereocenters. The Morgan fingerprint density at radius 1 is 1.59 bits per heavy atom. The number of aryl methyl sites for hydroxylation is 1. The molecule has 1 aliphatic heterocycles. The molecule has 0 radical (unpaired) electrons. The van der Waals surface area contributed by atoms with Crippen molar-refractivity contribution in [2.24, 2.45) is 11.7 Å². The lowest BCUT2D eigenvalue weighted by Gasteiger charge is -2.21. The van der Waals surface area contributed by atoms with Gasteiger partial charge < -0.3 is 10.6 Å². The maximum atomic E-state index is 11.1. The molecule has 4 heteroatoms. The molecule has 17 heavy (non-hydrogen) atoms. The van der Waals surface area contributed by atoms with Gasteiger partial charge in [-0.2, -0.15) is 5.26 Å². The first-order chi connectivity index (χ1) is 8.13. The smallest absolute Gasteiger partial charge is 0.222 e. The molecule has 1 fully saturated rings. The van der Waals surface area contributed by atoms with E-state index in [1.807, 2.05) is 19.1 Å².